The number of alkyl halides is 1. The highest BCUT2D eigenvalue weighted by Gasteiger charge is 2.47. The second-order valence-corrected chi connectivity index (χ2v) is 11.1. The van der Waals surface area contributed by atoms with E-state index in [1.54, 1.807) is 11.6 Å². The fourth-order valence-corrected chi connectivity index (χ4v) is 5.72. The molecule has 1 N–H and O–H groups in total. The van der Waals surface area contributed by atoms with Gasteiger partial charge in [0.2, 0.25) is 10.0 Å². The van der Waals surface area contributed by atoms with Crippen molar-refractivity contribution in [2.45, 2.75) is 24.6 Å². The third-order valence-corrected chi connectivity index (χ3v) is 8.27. The second kappa shape index (κ2) is 9.33. The van der Waals surface area contributed by atoms with Crippen LogP contribution < -0.4 is 5.32 Å². The Morgan fingerprint density at radius 3 is 2.65 bits per heavy atom. The van der Waals surface area contributed by atoms with Gasteiger partial charge in [0.1, 0.15) is 11.9 Å². The number of hydrogen-bond acceptors (Lipinski definition) is 8. The molecule has 3 heterocycles. The van der Waals surface area contributed by atoms with E-state index in [9.17, 15) is 17.6 Å². The first-order chi connectivity index (χ1) is 16.0. The normalized spacial score (nSPS) is 21.1. The molecular weight excluding hydrogens is 510 g/mol. The predicted molar refractivity (Wildman–Crippen MR) is 124 cm³/mol. The number of methoxy groups -OCH3 is 1. The van der Waals surface area contributed by atoms with Gasteiger partial charge in [0.25, 0.3) is 0 Å². The number of carbonyl (C=O) groups is 1. The van der Waals surface area contributed by atoms with E-state index < -0.39 is 33.5 Å². The van der Waals surface area contributed by atoms with E-state index in [1.165, 1.54) is 33.8 Å². The number of rotatable bonds is 5. The fraction of sp³-hybridized carbons (Fsp3) is 0.381. The lowest BCUT2D eigenvalue weighted by atomic mass is 9.84. The van der Waals surface area contributed by atoms with Crippen LogP contribution in [0.2, 0.25) is 5.02 Å². The summed E-state index contributed by atoms with van der Waals surface area (Å²) in [6.07, 6.45) is 2.18. The minimum absolute atomic E-state index is 0.0793. The van der Waals surface area contributed by atoms with Crippen molar-refractivity contribution >= 4 is 44.8 Å². The van der Waals surface area contributed by atoms with Crippen molar-refractivity contribution in [3.8, 4) is 0 Å². The van der Waals surface area contributed by atoms with Crippen LogP contribution in [0.3, 0.4) is 0 Å². The Morgan fingerprint density at radius 2 is 2.06 bits per heavy atom. The summed E-state index contributed by atoms with van der Waals surface area (Å²) in [6.45, 7) is -0.159. The molecule has 2 aliphatic rings. The third kappa shape index (κ3) is 4.59. The maximum atomic E-state index is 16.5. The average molecular weight is 531 g/mol. The average Bonchev–Trinajstić information content (AvgIpc) is 3.34. The Morgan fingerprint density at radius 1 is 1.35 bits per heavy atom. The molecular formula is C21H21ClF2N4O4S2. The number of sulfonamides is 1. The van der Waals surface area contributed by atoms with Crippen LogP contribution in [-0.4, -0.2) is 61.6 Å². The Kier molecular flexibility index (Phi) is 6.78. The molecule has 13 heteroatoms. The Bertz CT molecular complexity index is 1270. The maximum Gasteiger partial charge on any atom is 0.338 e. The van der Waals surface area contributed by atoms with E-state index in [0.29, 0.717) is 5.01 Å². The van der Waals surface area contributed by atoms with Crippen molar-refractivity contribution in [2.24, 2.45) is 4.99 Å². The van der Waals surface area contributed by atoms with Crippen LogP contribution in [0.1, 0.15) is 29.5 Å². The molecule has 8 nitrogen and oxygen atoms in total. The van der Waals surface area contributed by atoms with E-state index in [1.807, 2.05) is 0 Å². The summed E-state index contributed by atoms with van der Waals surface area (Å²) in [5, 5.41) is 4.80. The van der Waals surface area contributed by atoms with Crippen LogP contribution in [-0.2, 0) is 19.6 Å². The number of ether oxygens (including phenoxy) is 1. The monoisotopic (exact) mass is 530 g/mol. The van der Waals surface area contributed by atoms with Gasteiger partial charge in [-0.25, -0.2) is 31.3 Å². The first-order valence-electron chi connectivity index (χ1n) is 10.2. The zero-order valence-corrected chi connectivity index (χ0v) is 20.6. The first-order valence-corrected chi connectivity index (χ1v) is 13.3. The smallest absolute Gasteiger partial charge is 0.338 e. The van der Waals surface area contributed by atoms with Crippen molar-refractivity contribution in [3.05, 3.63) is 62.5 Å². The van der Waals surface area contributed by atoms with Gasteiger partial charge in [0.15, 0.2) is 16.5 Å². The molecule has 1 aromatic carbocycles. The molecule has 34 heavy (non-hydrogen) atoms. The Balaban J connectivity index is 1.88. The molecule has 0 spiro atoms. The number of amidine groups is 1. The van der Waals surface area contributed by atoms with E-state index in [-0.39, 0.29) is 53.6 Å². The summed E-state index contributed by atoms with van der Waals surface area (Å²) >= 11 is 7.47. The van der Waals surface area contributed by atoms with E-state index in [4.69, 9.17) is 16.3 Å². The van der Waals surface area contributed by atoms with Crippen LogP contribution in [0.5, 0.6) is 0 Å². The van der Waals surface area contributed by atoms with Crippen molar-refractivity contribution in [2.75, 3.05) is 26.5 Å². The van der Waals surface area contributed by atoms with Crippen LogP contribution in [0.15, 0.2) is 46.0 Å². The zero-order valence-electron chi connectivity index (χ0n) is 18.2. The van der Waals surface area contributed by atoms with Gasteiger partial charge >= 0.3 is 5.97 Å². The van der Waals surface area contributed by atoms with Gasteiger partial charge in [-0.1, -0.05) is 23.7 Å². The topological polar surface area (TPSA) is 101 Å². The highest BCUT2D eigenvalue weighted by molar-refractivity contribution is 7.88. The van der Waals surface area contributed by atoms with Crippen molar-refractivity contribution < 1.29 is 26.7 Å². The minimum atomic E-state index is -3.50. The molecule has 0 amide bonds. The van der Waals surface area contributed by atoms with Gasteiger partial charge in [-0.05, 0) is 6.07 Å². The number of benzene rings is 1. The zero-order chi connectivity index (χ0) is 24.7. The highest BCUT2D eigenvalue weighted by Crippen LogP contribution is 2.43. The van der Waals surface area contributed by atoms with Crippen LogP contribution >= 0.6 is 22.9 Å². The van der Waals surface area contributed by atoms with Crippen molar-refractivity contribution in [1.29, 1.82) is 0 Å². The number of aliphatic imine (C=N–C) groups is 1. The quantitative estimate of drug-likeness (QED) is 0.596. The molecule has 1 aromatic heterocycles. The number of nitrogens with zero attached hydrogens (tertiary/aromatic N) is 3. The number of hydrogen-bond donors (Lipinski definition) is 1. The standard InChI is InChI=1S/C21H21ClF2N4O4S2/c1-32-20(29)14-16(12-4-3-5-13(23)15(12)22)26-18(19-25-8-11-33-19)27-17(14)21(24)6-9-28(10-7-21)34(2,30)31/h3-5,8,11,16H,6-7,9-10H2,1-2H3,(H,26,27). The summed E-state index contributed by atoms with van der Waals surface area (Å²) < 4.78 is 60.8. The number of halogens is 3. The third-order valence-electron chi connectivity index (χ3n) is 5.79. The van der Waals surface area contributed by atoms with Gasteiger partial charge in [-0.15, -0.1) is 11.3 Å². The molecule has 0 bridgehead atoms. The number of esters is 1. The molecule has 2 aliphatic heterocycles. The summed E-state index contributed by atoms with van der Waals surface area (Å²) in [5.41, 5.74) is -2.22. The Labute approximate surface area is 204 Å². The number of nitrogens with one attached hydrogen (secondary N) is 1. The highest BCUT2D eigenvalue weighted by atomic mass is 35.5. The van der Waals surface area contributed by atoms with Gasteiger partial charge in [-0.3, -0.25) is 4.99 Å². The van der Waals surface area contributed by atoms with Crippen molar-refractivity contribution in [3.63, 3.8) is 0 Å². The van der Waals surface area contributed by atoms with E-state index >= 15 is 4.39 Å². The molecule has 1 atom stereocenters. The van der Waals surface area contributed by atoms with Gasteiger partial charge in [-0.2, -0.15) is 0 Å². The predicted octanol–water partition coefficient (Wildman–Crippen LogP) is 3.22. The summed E-state index contributed by atoms with van der Waals surface area (Å²) in [6, 6.07) is 2.91. The van der Waals surface area contributed by atoms with Crippen LogP contribution in [0.25, 0.3) is 0 Å². The largest absolute Gasteiger partial charge is 0.466 e. The molecule has 182 valence electrons. The number of piperidine rings is 1. The number of allylic oxidation sites excluding steroid dienone is 1. The van der Waals surface area contributed by atoms with Gasteiger partial charge in [0, 0.05) is 43.1 Å². The van der Waals surface area contributed by atoms with Gasteiger partial charge in [0.05, 0.1) is 29.7 Å². The van der Waals surface area contributed by atoms with Crippen LogP contribution in [0.4, 0.5) is 8.78 Å². The summed E-state index contributed by atoms with van der Waals surface area (Å²) in [7, 11) is -2.36. The van der Waals surface area contributed by atoms with E-state index in [2.05, 4.69) is 15.3 Å². The molecule has 0 saturated carbocycles. The minimum Gasteiger partial charge on any atom is -0.466 e. The lowest BCUT2D eigenvalue weighted by molar-refractivity contribution is -0.136. The number of carbonyl (C=O) groups excluding carboxylic acids is 1. The molecule has 0 aliphatic carbocycles. The van der Waals surface area contributed by atoms with Gasteiger partial charge < -0.3 is 10.1 Å². The SMILES string of the molecule is COC(=O)C1=C(C2(F)CCN(S(C)(=O)=O)CC2)NC(c2nccs2)=NC1c1cccc(F)c1Cl. The summed E-state index contributed by atoms with van der Waals surface area (Å²) in [4.78, 5) is 21.7. The second-order valence-electron chi connectivity index (χ2n) is 7.89. The van der Waals surface area contributed by atoms with Crippen molar-refractivity contribution in [1.82, 2.24) is 14.6 Å². The lowest BCUT2D eigenvalue weighted by Crippen LogP contribution is -2.50. The number of aromatic nitrogens is 1. The number of thiazole rings is 1. The maximum absolute atomic E-state index is 16.5. The van der Waals surface area contributed by atoms with Crippen LogP contribution in [0, 0.1) is 5.82 Å². The molecule has 1 saturated heterocycles. The lowest BCUT2D eigenvalue weighted by Gasteiger charge is -2.39. The first kappa shape index (κ1) is 24.7. The fourth-order valence-electron chi connectivity index (χ4n) is 4.05. The molecule has 4 rings (SSSR count). The summed E-state index contributed by atoms with van der Waals surface area (Å²) in [5.74, 6) is -1.39. The molecule has 1 fully saturated rings. The van der Waals surface area contributed by atoms with E-state index in [0.717, 1.165) is 13.4 Å². The molecule has 0 radical (unpaired) electrons. The molecule has 1 unspecified atom stereocenters. The molecule has 2 aromatic rings. The Hall–Kier alpha value is -2.41.